The second-order valence-electron chi connectivity index (χ2n) is 9.29. The summed E-state index contributed by atoms with van der Waals surface area (Å²) in [4.78, 5) is 15.6. The predicted molar refractivity (Wildman–Crippen MR) is 126 cm³/mol. The van der Waals surface area contributed by atoms with Gasteiger partial charge in [0.25, 0.3) is 0 Å². The van der Waals surface area contributed by atoms with E-state index in [0.29, 0.717) is 19.8 Å². The molecule has 2 aromatic rings. The monoisotopic (exact) mass is 443 g/mol. The molecule has 1 saturated heterocycles. The van der Waals surface area contributed by atoms with Gasteiger partial charge in [-0.3, -0.25) is 4.90 Å². The molecule has 2 atom stereocenters. The lowest BCUT2D eigenvalue weighted by atomic mass is 9.99. The summed E-state index contributed by atoms with van der Waals surface area (Å²) >= 11 is 1.68. The molecule has 0 aromatic heterocycles. The number of ether oxygens (including phenoxy) is 1. The highest BCUT2D eigenvalue weighted by molar-refractivity contribution is 8.00. The Morgan fingerprint density at radius 3 is 2.30 bits per heavy atom. The Bertz CT molecular complexity index is 823. The maximum atomic E-state index is 12.6. The van der Waals surface area contributed by atoms with E-state index in [9.17, 15) is 4.79 Å². The molecular formula is C24H33NO3SSi. The minimum absolute atomic E-state index is 0.0287. The van der Waals surface area contributed by atoms with Gasteiger partial charge in [-0.15, -0.1) is 0 Å². The van der Waals surface area contributed by atoms with Crippen LogP contribution in [0.25, 0.3) is 0 Å². The fourth-order valence-corrected chi connectivity index (χ4v) is 5.24. The van der Waals surface area contributed by atoms with Crippen LogP contribution in [0.15, 0.2) is 65.6 Å². The summed E-state index contributed by atoms with van der Waals surface area (Å²) in [6.45, 7) is 12.9. The van der Waals surface area contributed by atoms with Crippen molar-refractivity contribution in [2.75, 3.05) is 19.8 Å². The molecule has 0 radical (unpaired) electrons. The van der Waals surface area contributed by atoms with Crippen LogP contribution < -0.4 is 0 Å². The Labute approximate surface area is 186 Å². The zero-order valence-electron chi connectivity index (χ0n) is 18.6. The summed E-state index contributed by atoms with van der Waals surface area (Å²) in [5.74, 6) is 0.102. The zero-order chi connectivity index (χ0) is 21.8. The van der Waals surface area contributed by atoms with Crippen LogP contribution in [0.1, 0.15) is 32.3 Å². The van der Waals surface area contributed by atoms with Gasteiger partial charge in [0.2, 0.25) is 0 Å². The molecule has 6 heteroatoms. The summed E-state index contributed by atoms with van der Waals surface area (Å²) in [5.41, 5.74) is 1.19. The Balaban J connectivity index is 1.76. The molecular weight excluding hydrogens is 410 g/mol. The molecule has 2 aromatic carbocycles. The first kappa shape index (κ1) is 22.9. The number of nitrogens with zero attached hydrogens (tertiary/aromatic N) is 1. The second kappa shape index (κ2) is 9.58. The molecule has 0 saturated carbocycles. The fraction of sp³-hybridized carbons (Fsp3) is 0.458. The molecule has 0 spiro atoms. The van der Waals surface area contributed by atoms with E-state index in [2.05, 4.69) is 58.1 Å². The molecule has 1 aliphatic heterocycles. The number of benzene rings is 2. The maximum Gasteiger partial charge on any atom is 0.410 e. The molecule has 1 amide bonds. The molecule has 162 valence electrons. The average molecular weight is 444 g/mol. The number of hydrogen-bond acceptors (Lipinski definition) is 4. The summed E-state index contributed by atoms with van der Waals surface area (Å²) in [6, 6.07) is 20.5. The minimum Gasteiger partial charge on any atom is -0.446 e. The van der Waals surface area contributed by atoms with Gasteiger partial charge in [-0.2, -0.15) is 0 Å². The van der Waals surface area contributed by atoms with E-state index in [1.165, 1.54) is 5.56 Å². The Morgan fingerprint density at radius 2 is 1.70 bits per heavy atom. The third-order valence-electron chi connectivity index (χ3n) is 6.09. The molecule has 1 heterocycles. The van der Waals surface area contributed by atoms with Gasteiger partial charge in [-0.05, 0) is 35.8 Å². The molecule has 3 rings (SSSR count). The van der Waals surface area contributed by atoms with Crippen molar-refractivity contribution < 1.29 is 14.0 Å². The van der Waals surface area contributed by atoms with Crippen molar-refractivity contribution in [2.45, 2.75) is 55.1 Å². The Hall–Kier alpha value is -1.76. The predicted octanol–water partition coefficient (Wildman–Crippen LogP) is 6.36. The van der Waals surface area contributed by atoms with Gasteiger partial charge < -0.3 is 9.16 Å². The first-order chi connectivity index (χ1) is 14.2. The molecule has 30 heavy (non-hydrogen) atoms. The van der Waals surface area contributed by atoms with Crippen molar-refractivity contribution in [3.05, 3.63) is 66.2 Å². The van der Waals surface area contributed by atoms with Crippen LogP contribution in [-0.2, 0) is 9.16 Å². The van der Waals surface area contributed by atoms with Crippen molar-refractivity contribution in [2.24, 2.45) is 0 Å². The lowest BCUT2D eigenvalue weighted by Gasteiger charge is -2.38. The van der Waals surface area contributed by atoms with Crippen LogP contribution in [0, 0.1) is 0 Å². The van der Waals surface area contributed by atoms with Crippen LogP contribution in [0.4, 0.5) is 4.79 Å². The van der Waals surface area contributed by atoms with E-state index in [0.717, 1.165) is 4.90 Å². The smallest absolute Gasteiger partial charge is 0.410 e. The largest absolute Gasteiger partial charge is 0.446 e. The van der Waals surface area contributed by atoms with Gasteiger partial charge in [0, 0.05) is 24.0 Å². The van der Waals surface area contributed by atoms with Crippen molar-refractivity contribution in [3.8, 4) is 0 Å². The zero-order valence-corrected chi connectivity index (χ0v) is 20.4. The fourth-order valence-electron chi connectivity index (χ4n) is 3.12. The van der Waals surface area contributed by atoms with Crippen LogP contribution in [0.5, 0.6) is 0 Å². The van der Waals surface area contributed by atoms with Crippen LogP contribution >= 0.6 is 11.8 Å². The van der Waals surface area contributed by atoms with Gasteiger partial charge in [-0.25, -0.2) is 4.79 Å². The number of thioether (sulfide) groups is 1. The first-order valence-electron chi connectivity index (χ1n) is 10.5. The quantitative estimate of drug-likeness (QED) is 0.445. The summed E-state index contributed by atoms with van der Waals surface area (Å²) in [7, 11) is -1.89. The maximum absolute atomic E-state index is 12.6. The SMILES string of the molecule is CC(C)(C)[Si](C)(C)OCC(CN1C(=O)OCC1Sc1ccccc1)c1ccccc1. The molecule has 0 aliphatic carbocycles. The van der Waals surface area contributed by atoms with Gasteiger partial charge in [0.15, 0.2) is 8.32 Å². The highest BCUT2D eigenvalue weighted by Crippen LogP contribution is 2.38. The molecule has 0 bridgehead atoms. The summed E-state index contributed by atoms with van der Waals surface area (Å²) in [5, 5.41) is 0.117. The van der Waals surface area contributed by atoms with Crippen molar-refractivity contribution in [3.63, 3.8) is 0 Å². The number of cyclic esters (lactones) is 1. The van der Waals surface area contributed by atoms with E-state index in [-0.39, 0.29) is 22.4 Å². The standard InChI is InChI=1S/C24H33NO3SSi/c1-24(2,3)30(4,5)28-17-20(19-12-8-6-9-13-19)16-25-22(18-27-23(25)26)29-21-14-10-7-11-15-21/h6-15,20,22H,16-18H2,1-5H3. The normalized spacial score (nSPS) is 18.4. The van der Waals surface area contributed by atoms with Crippen LogP contribution in [0.3, 0.4) is 0 Å². The number of hydrogen-bond donors (Lipinski definition) is 0. The second-order valence-corrected chi connectivity index (χ2v) is 15.4. The molecule has 0 N–H and O–H groups in total. The molecule has 2 unspecified atom stereocenters. The number of carbonyl (C=O) groups excluding carboxylic acids is 1. The lowest BCUT2D eigenvalue weighted by molar-refractivity contribution is 0.153. The van der Waals surface area contributed by atoms with Gasteiger partial charge in [0.05, 0.1) is 0 Å². The molecule has 1 fully saturated rings. The third kappa shape index (κ3) is 5.68. The highest BCUT2D eigenvalue weighted by Gasteiger charge is 2.39. The Morgan fingerprint density at radius 1 is 1.10 bits per heavy atom. The van der Waals surface area contributed by atoms with Gasteiger partial charge in [-0.1, -0.05) is 81.1 Å². The van der Waals surface area contributed by atoms with E-state index in [1.54, 1.807) is 11.8 Å². The number of amides is 1. The van der Waals surface area contributed by atoms with Crippen LogP contribution in [0.2, 0.25) is 18.1 Å². The van der Waals surface area contributed by atoms with E-state index in [4.69, 9.17) is 9.16 Å². The third-order valence-corrected chi connectivity index (χ3v) is 11.8. The van der Waals surface area contributed by atoms with Crippen molar-refractivity contribution >= 4 is 26.2 Å². The average Bonchev–Trinajstić information content (AvgIpc) is 3.05. The van der Waals surface area contributed by atoms with Crippen molar-refractivity contribution in [1.82, 2.24) is 4.90 Å². The van der Waals surface area contributed by atoms with Crippen LogP contribution in [-0.4, -0.2) is 44.4 Å². The molecule has 4 nitrogen and oxygen atoms in total. The van der Waals surface area contributed by atoms with E-state index in [1.807, 2.05) is 41.3 Å². The Kier molecular flexibility index (Phi) is 7.32. The minimum atomic E-state index is -1.89. The summed E-state index contributed by atoms with van der Waals surface area (Å²) < 4.78 is 12.0. The summed E-state index contributed by atoms with van der Waals surface area (Å²) in [6.07, 6.45) is -0.239. The number of rotatable bonds is 8. The first-order valence-corrected chi connectivity index (χ1v) is 14.3. The molecule has 1 aliphatic rings. The highest BCUT2D eigenvalue weighted by atomic mass is 32.2. The van der Waals surface area contributed by atoms with E-state index < -0.39 is 8.32 Å². The lowest BCUT2D eigenvalue weighted by Crippen LogP contribution is -2.43. The van der Waals surface area contributed by atoms with Crippen molar-refractivity contribution in [1.29, 1.82) is 0 Å². The number of carbonyl (C=O) groups is 1. The van der Waals surface area contributed by atoms with Gasteiger partial charge in [0.1, 0.15) is 12.0 Å². The van der Waals surface area contributed by atoms with E-state index >= 15 is 0 Å². The topological polar surface area (TPSA) is 38.8 Å². The van der Waals surface area contributed by atoms with Gasteiger partial charge >= 0.3 is 6.09 Å².